The number of carbonyl (C=O) groups is 1. The lowest BCUT2D eigenvalue weighted by Gasteiger charge is -2.15. The number of anilines is 1. The summed E-state index contributed by atoms with van der Waals surface area (Å²) >= 11 is 5.56. The lowest BCUT2D eigenvalue weighted by molar-refractivity contribution is -0.137. The zero-order chi connectivity index (χ0) is 15.3. The maximum absolute atomic E-state index is 12.8. The van der Waals surface area contributed by atoms with Crippen LogP contribution in [0.5, 0.6) is 0 Å². The molecule has 0 radical (unpaired) electrons. The molecule has 3 nitrogen and oxygen atoms in total. The highest BCUT2D eigenvalue weighted by atomic mass is 35.5. The standard InChI is InChI=1S/C13H16ClF3N2O/c1-3-8(2)18-7-12(20)19-11-5-4-9(14)6-10(11)13(15,16)17/h4-6,8,18H,3,7H2,1-2H3,(H,19,20). The summed E-state index contributed by atoms with van der Waals surface area (Å²) in [6.07, 6.45) is -3.75. The number of benzene rings is 1. The van der Waals surface area contributed by atoms with E-state index in [1.807, 2.05) is 13.8 Å². The van der Waals surface area contributed by atoms with Gasteiger partial charge < -0.3 is 10.6 Å². The van der Waals surface area contributed by atoms with E-state index < -0.39 is 17.6 Å². The third-order valence-electron chi connectivity index (χ3n) is 2.78. The van der Waals surface area contributed by atoms with Crippen molar-refractivity contribution in [2.24, 2.45) is 0 Å². The van der Waals surface area contributed by atoms with Crippen molar-refractivity contribution in [2.75, 3.05) is 11.9 Å². The number of carbonyl (C=O) groups excluding carboxylic acids is 1. The maximum atomic E-state index is 12.8. The van der Waals surface area contributed by atoms with E-state index in [-0.39, 0.29) is 23.3 Å². The van der Waals surface area contributed by atoms with Crippen molar-refractivity contribution in [3.63, 3.8) is 0 Å². The summed E-state index contributed by atoms with van der Waals surface area (Å²) in [6, 6.07) is 3.35. The Bertz CT molecular complexity index is 477. The van der Waals surface area contributed by atoms with Gasteiger partial charge in [0.1, 0.15) is 0 Å². The van der Waals surface area contributed by atoms with Crippen LogP contribution >= 0.6 is 11.6 Å². The van der Waals surface area contributed by atoms with Crippen LogP contribution in [-0.2, 0) is 11.0 Å². The van der Waals surface area contributed by atoms with Crippen molar-refractivity contribution in [2.45, 2.75) is 32.5 Å². The predicted octanol–water partition coefficient (Wildman–Crippen LogP) is 3.69. The zero-order valence-corrected chi connectivity index (χ0v) is 11.9. The molecule has 2 N–H and O–H groups in total. The number of hydrogen-bond acceptors (Lipinski definition) is 2. The van der Waals surface area contributed by atoms with Crippen molar-refractivity contribution >= 4 is 23.2 Å². The summed E-state index contributed by atoms with van der Waals surface area (Å²) in [5, 5.41) is 5.11. The van der Waals surface area contributed by atoms with Crippen molar-refractivity contribution < 1.29 is 18.0 Å². The molecule has 0 saturated carbocycles. The molecule has 7 heteroatoms. The number of amides is 1. The first-order valence-corrected chi connectivity index (χ1v) is 6.51. The summed E-state index contributed by atoms with van der Waals surface area (Å²) < 4.78 is 38.5. The van der Waals surface area contributed by atoms with Crippen LogP contribution in [0.2, 0.25) is 5.02 Å². The molecule has 1 unspecified atom stereocenters. The fourth-order valence-corrected chi connectivity index (χ4v) is 1.64. The molecule has 0 bridgehead atoms. The highest BCUT2D eigenvalue weighted by Gasteiger charge is 2.34. The molecule has 112 valence electrons. The van der Waals surface area contributed by atoms with E-state index in [1.54, 1.807) is 0 Å². The molecule has 1 amide bonds. The molecule has 0 aliphatic carbocycles. The first kappa shape index (κ1) is 16.8. The average Bonchev–Trinajstić information content (AvgIpc) is 2.36. The van der Waals surface area contributed by atoms with Crippen LogP contribution in [0.15, 0.2) is 18.2 Å². The van der Waals surface area contributed by atoms with E-state index >= 15 is 0 Å². The zero-order valence-electron chi connectivity index (χ0n) is 11.1. The SMILES string of the molecule is CCC(C)NCC(=O)Nc1ccc(Cl)cc1C(F)(F)F. The summed E-state index contributed by atoms with van der Waals surface area (Å²) in [7, 11) is 0. The van der Waals surface area contributed by atoms with E-state index in [4.69, 9.17) is 11.6 Å². The molecule has 20 heavy (non-hydrogen) atoms. The lowest BCUT2D eigenvalue weighted by Crippen LogP contribution is -2.34. The predicted molar refractivity (Wildman–Crippen MR) is 72.8 cm³/mol. The second-order valence-electron chi connectivity index (χ2n) is 4.43. The largest absolute Gasteiger partial charge is 0.418 e. The summed E-state index contributed by atoms with van der Waals surface area (Å²) in [5.74, 6) is -0.530. The van der Waals surface area contributed by atoms with E-state index in [2.05, 4.69) is 10.6 Å². The monoisotopic (exact) mass is 308 g/mol. The third kappa shape index (κ3) is 5.02. The molecule has 1 aromatic rings. The highest BCUT2D eigenvalue weighted by molar-refractivity contribution is 6.30. The molecule has 0 spiro atoms. The first-order chi connectivity index (χ1) is 9.24. The van der Waals surface area contributed by atoms with Crippen LogP contribution in [0.4, 0.5) is 18.9 Å². The molecule has 0 aliphatic heterocycles. The van der Waals surface area contributed by atoms with Gasteiger partial charge in [0.15, 0.2) is 0 Å². The number of halogens is 4. The van der Waals surface area contributed by atoms with Gasteiger partial charge in [-0.25, -0.2) is 0 Å². The fraction of sp³-hybridized carbons (Fsp3) is 0.462. The van der Waals surface area contributed by atoms with E-state index in [0.717, 1.165) is 18.6 Å². The average molecular weight is 309 g/mol. The lowest BCUT2D eigenvalue weighted by atomic mass is 10.1. The summed E-state index contributed by atoms with van der Waals surface area (Å²) in [5.41, 5.74) is -1.25. The van der Waals surface area contributed by atoms with Crippen LogP contribution < -0.4 is 10.6 Å². The first-order valence-electron chi connectivity index (χ1n) is 6.14. The van der Waals surface area contributed by atoms with E-state index in [9.17, 15) is 18.0 Å². The van der Waals surface area contributed by atoms with Gasteiger partial charge in [-0.1, -0.05) is 18.5 Å². The minimum absolute atomic E-state index is 0.0342. The molecular weight excluding hydrogens is 293 g/mol. The van der Waals surface area contributed by atoms with Gasteiger partial charge in [-0.3, -0.25) is 4.79 Å². The quantitative estimate of drug-likeness (QED) is 0.871. The summed E-state index contributed by atoms with van der Waals surface area (Å²) in [4.78, 5) is 11.6. The van der Waals surface area contributed by atoms with E-state index in [1.165, 1.54) is 6.07 Å². The van der Waals surface area contributed by atoms with Gasteiger partial charge in [0.2, 0.25) is 5.91 Å². The highest BCUT2D eigenvalue weighted by Crippen LogP contribution is 2.36. The van der Waals surface area contributed by atoms with Gasteiger partial charge in [-0.2, -0.15) is 13.2 Å². The molecular formula is C13H16ClF3N2O. The number of nitrogens with one attached hydrogen (secondary N) is 2. The second-order valence-corrected chi connectivity index (χ2v) is 4.86. The molecule has 0 aliphatic rings. The molecule has 0 saturated heterocycles. The van der Waals surface area contributed by atoms with Gasteiger partial charge >= 0.3 is 6.18 Å². The van der Waals surface area contributed by atoms with Gasteiger partial charge in [-0.05, 0) is 31.5 Å². The van der Waals surface area contributed by atoms with Crippen molar-refractivity contribution in [1.82, 2.24) is 5.32 Å². The van der Waals surface area contributed by atoms with Crippen LogP contribution in [-0.4, -0.2) is 18.5 Å². The Morgan fingerprint density at radius 2 is 2.05 bits per heavy atom. The van der Waals surface area contributed by atoms with Crippen LogP contribution in [0.1, 0.15) is 25.8 Å². The summed E-state index contributed by atoms with van der Waals surface area (Å²) in [6.45, 7) is 3.78. The Balaban J connectivity index is 2.80. The molecule has 0 aromatic heterocycles. The Morgan fingerprint density at radius 3 is 2.60 bits per heavy atom. The Morgan fingerprint density at radius 1 is 1.40 bits per heavy atom. The van der Waals surface area contributed by atoms with Crippen molar-refractivity contribution in [1.29, 1.82) is 0 Å². The van der Waals surface area contributed by atoms with E-state index in [0.29, 0.717) is 0 Å². The molecule has 1 aromatic carbocycles. The number of hydrogen-bond donors (Lipinski definition) is 2. The van der Waals surface area contributed by atoms with Crippen LogP contribution in [0.25, 0.3) is 0 Å². The Hall–Kier alpha value is -1.27. The van der Waals surface area contributed by atoms with Crippen molar-refractivity contribution in [3.8, 4) is 0 Å². The number of alkyl halides is 3. The van der Waals surface area contributed by atoms with Gasteiger partial charge in [-0.15, -0.1) is 0 Å². The fourth-order valence-electron chi connectivity index (χ4n) is 1.47. The van der Waals surface area contributed by atoms with Gasteiger partial charge in [0.25, 0.3) is 0 Å². The Kier molecular flexibility index (Phi) is 5.83. The molecule has 1 rings (SSSR count). The van der Waals surface area contributed by atoms with Gasteiger partial charge in [0, 0.05) is 11.1 Å². The normalized spacial score (nSPS) is 13.1. The molecule has 0 fully saturated rings. The molecule has 1 atom stereocenters. The topological polar surface area (TPSA) is 41.1 Å². The third-order valence-corrected chi connectivity index (χ3v) is 3.02. The minimum atomic E-state index is -4.57. The van der Waals surface area contributed by atoms with Gasteiger partial charge in [0.05, 0.1) is 17.8 Å². The number of rotatable bonds is 5. The molecule has 0 heterocycles. The van der Waals surface area contributed by atoms with Crippen LogP contribution in [0, 0.1) is 0 Å². The smallest absolute Gasteiger partial charge is 0.324 e. The van der Waals surface area contributed by atoms with Crippen LogP contribution in [0.3, 0.4) is 0 Å². The second kappa shape index (κ2) is 6.95. The van der Waals surface area contributed by atoms with Crippen molar-refractivity contribution in [3.05, 3.63) is 28.8 Å². The minimum Gasteiger partial charge on any atom is -0.324 e. The Labute approximate surface area is 120 Å². The maximum Gasteiger partial charge on any atom is 0.418 e.